The van der Waals surface area contributed by atoms with Crippen molar-refractivity contribution in [3.63, 3.8) is 0 Å². The van der Waals surface area contributed by atoms with Crippen LogP contribution in [0, 0.1) is 5.92 Å². The van der Waals surface area contributed by atoms with Gasteiger partial charge in [0.1, 0.15) is 0 Å². The van der Waals surface area contributed by atoms with Gasteiger partial charge in [0.15, 0.2) is 5.96 Å². The molecule has 0 aliphatic rings. The quantitative estimate of drug-likeness (QED) is 0.365. The lowest BCUT2D eigenvalue weighted by atomic mass is 10.0. The lowest BCUT2D eigenvalue weighted by molar-refractivity contribution is 0.251. The first kappa shape index (κ1) is 23.4. The summed E-state index contributed by atoms with van der Waals surface area (Å²) in [5, 5.41) is 16.0. The van der Waals surface area contributed by atoms with Gasteiger partial charge in [-0.15, -0.1) is 0 Å². The van der Waals surface area contributed by atoms with Crippen LogP contribution in [0.25, 0.3) is 0 Å². The second-order valence-corrected chi connectivity index (χ2v) is 7.02. The van der Waals surface area contributed by atoms with Crippen LogP contribution in [-0.4, -0.2) is 48.8 Å². The van der Waals surface area contributed by atoms with E-state index in [0.29, 0.717) is 12.5 Å². The molecule has 0 radical (unpaired) electrons. The smallest absolute Gasteiger partial charge is 0.191 e. The van der Waals surface area contributed by atoms with Crippen molar-refractivity contribution in [2.75, 3.05) is 32.8 Å². The van der Waals surface area contributed by atoms with Gasteiger partial charge in [-0.05, 0) is 49.9 Å². The summed E-state index contributed by atoms with van der Waals surface area (Å²) in [6, 6.07) is 8.73. The molecule has 1 atom stereocenters. The Morgan fingerprint density at radius 3 is 2.44 bits per heavy atom. The molecule has 0 spiro atoms. The predicted molar refractivity (Wildman–Crippen MR) is 116 cm³/mol. The maximum atomic E-state index is 9.23. The van der Waals surface area contributed by atoms with Crippen LogP contribution in [0.15, 0.2) is 29.3 Å². The van der Waals surface area contributed by atoms with E-state index < -0.39 is 0 Å². The monoisotopic (exact) mass is 376 g/mol. The third-order valence-corrected chi connectivity index (χ3v) is 4.85. The Bertz CT molecular complexity index is 523. The second-order valence-electron chi connectivity index (χ2n) is 7.02. The topological polar surface area (TPSA) is 59.9 Å². The first-order valence-electron chi connectivity index (χ1n) is 10.6. The number of rotatable bonds is 13. The van der Waals surface area contributed by atoms with E-state index in [2.05, 4.69) is 67.5 Å². The highest BCUT2D eigenvalue weighted by Crippen LogP contribution is 2.11. The number of aliphatic hydroxyl groups excluding tert-OH is 1. The van der Waals surface area contributed by atoms with Crippen LogP contribution >= 0.6 is 0 Å². The molecule has 0 aliphatic carbocycles. The van der Waals surface area contributed by atoms with Gasteiger partial charge in [-0.2, -0.15) is 0 Å². The van der Waals surface area contributed by atoms with Crippen molar-refractivity contribution in [3.8, 4) is 0 Å². The van der Waals surface area contributed by atoms with Crippen LogP contribution in [-0.2, 0) is 13.1 Å². The molecule has 154 valence electrons. The molecule has 0 saturated heterocycles. The van der Waals surface area contributed by atoms with Gasteiger partial charge in [-0.3, -0.25) is 4.90 Å². The zero-order valence-electron chi connectivity index (χ0n) is 17.8. The molecular weight excluding hydrogens is 336 g/mol. The van der Waals surface area contributed by atoms with Gasteiger partial charge in [0, 0.05) is 26.2 Å². The molecule has 27 heavy (non-hydrogen) atoms. The standard InChI is InChI=1S/C22H40N4O/c1-5-10-19(13-14-27)16-24-22(23-6-2)25-17-20-11-9-12-21(15-20)18-26(7-3)8-4/h9,11-12,15,19,27H,5-8,10,13-14,16-18H2,1-4H3,(H2,23,24,25). The van der Waals surface area contributed by atoms with Crippen LogP contribution in [0.2, 0.25) is 0 Å². The maximum absolute atomic E-state index is 9.23. The Labute approximate surface area is 166 Å². The van der Waals surface area contributed by atoms with E-state index in [4.69, 9.17) is 4.99 Å². The fourth-order valence-corrected chi connectivity index (χ4v) is 3.22. The number of benzene rings is 1. The van der Waals surface area contributed by atoms with E-state index in [-0.39, 0.29) is 6.61 Å². The SMILES string of the molecule is CCCC(CCO)CNC(=NCc1cccc(CN(CC)CC)c1)NCC. The largest absolute Gasteiger partial charge is 0.396 e. The molecule has 0 aromatic heterocycles. The van der Waals surface area contributed by atoms with Crippen molar-refractivity contribution in [2.24, 2.45) is 10.9 Å². The van der Waals surface area contributed by atoms with Crippen molar-refractivity contribution in [1.82, 2.24) is 15.5 Å². The molecule has 1 unspecified atom stereocenters. The van der Waals surface area contributed by atoms with Gasteiger partial charge in [0.05, 0.1) is 6.54 Å². The Balaban J connectivity index is 2.68. The Kier molecular flexibility index (Phi) is 12.6. The first-order valence-corrected chi connectivity index (χ1v) is 10.6. The van der Waals surface area contributed by atoms with Crippen molar-refractivity contribution in [1.29, 1.82) is 0 Å². The van der Waals surface area contributed by atoms with Gasteiger partial charge >= 0.3 is 0 Å². The van der Waals surface area contributed by atoms with Gasteiger partial charge in [0.2, 0.25) is 0 Å². The summed E-state index contributed by atoms with van der Waals surface area (Å²) in [5.74, 6) is 1.34. The Morgan fingerprint density at radius 1 is 1.07 bits per heavy atom. The molecule has 1 aromatic rings. The number of hydrogen-bond donors (Lipinski definition) is 3. The average molecular weight is 377 g/mol. The number of nitrogens with one attached hydrogen (secondary N) is 2. The summed E-state index contributed by atoms with van der Waals surface area (Å²) >= 11 is 0. The minimum atomic E-state index is 0.249. The summed E-state index contributed by atoms with van der Waals surface area (Å²) < 4.78 is 0. The van der Waals surface area contributed by atoms with Gasteiger partial charge in [-0.1, -0.05) is 51.5 Å². The highest BCUT2D eigenvalue weighted by molar-refractivity contribution is 5.79. The van der Waals surface area contributed by atoms with Gasteiger partial charge < -0.3 is 15.7 Å². The van der Waals surface area contributed by atoms with E-state index in [1.807, 2.05) is 0 Å². The number of nitrogens with zero attached hydrogens (tertiary/aromatic N) is 2. The summed E-state index contributed by atoms with van der Waals surface area (Å²) in [7, 11) is 0. The van der Waals surface area contributed by atoms with Crippen LogP contribution in [0.5, 0.6) is 0 Å². The number of aliphatic imine (C=N–C) groups is 1. The van der Waals surface area contributed by atoms with Crippen molar-refractivity contribution in [3.05, 3.63) is 35.4 Å². The second kappa shape index (κ2) is 14.5. The third kappa shape index (κ3) is 9.78. The highest BCUT2D eigenvalue weighted by Gasteiger charge is 2.08. The molecular formula is C22H40N4O. The van der Waals surface area contributed by atoms with Crippen LogP contribution < -0.4 is 10.6 Å². The molecule has 3 N–H and O–H groups in total. The molecule has 0 fully saturated rings. The molecule has 0 amide bonds. The summed E-state index contributed by atoms with van der Waals surface area (Å²) in [6.45, 7) is 14.4. The molecule has 5 heteroatoms. The first-order chi connectivity index (χ1) is 13.2. The van der Waals surface area contributed by atoms with E-state index in [1.54, 1.807) is 0 Å². The lowest BCUT2D eigenvalue weighted by Gasteiger charge is -2.19. The number of aliphatic hydroxyl groups is 1. The minimum Gasteiger partial charge on any atom is -0.396 e. The fraction of sp³-hybridized carbons (Fsp3) is 0.682. The van der Waals surface area contributed by atoms with E-state index in [1.165, 1.54) is 11.1 Å². The minimum absolute atomic E-state index is 0.249. The predicted octanol–water partition coefficient (Wildman–Crippen LogP) is 3.38. The molecule has 0 bridgehead atoms. The maximum Gasteiger partial charge on any atom is 0.191 e. The molecule has 1 rings (SSSR count). The lowest BCUT2D eigenvalue weighted by Crippen LogP contribution is -2.40. The highest BCUT2D eigenvalue weighted by atomic mass is 16.3. The normalized spacial score (nSPS) is 13.0. The molecule has 0 aliphatic heterocycles. The number of guanidine groups is 1. The number of hydrogen-bond acceptors (Lipinski definition) is 3. The Morgan fingerprint density at radius 2 is 1.81 bits per heavy atom. The molecule has 5 nitrogen and oxygen atoms in total. The Hall–Kier alpha value is -1.59. The zero-order chi connectivity index (χ0) is 19.9. The zero-order valence-corrected chi connectivity index (χ0v) is 17.8. The third-order valence-electron chi connectivity index (χ3n) is 4.85. The van der Waals surface area contributed by atoms with E-state index >= 15 is 0 Å². The summed E-state index contributed by atoms with van der Waals surface area (Å²) in [4.78, 5) is 7.17. The summed E-state index contributed by atoms with van der Waals surface area (Å²) in [5.41, 5.74) is 2.58. The molecule has 0 saturated carbocycles. The fourth-order valence-electron chi connectivity index (χ4n) is 3.22. The average Bonchev–Trinajstić information content (AvgIpc) is 2.68. The van der Waals surface area contributed by atoms with Crippen LogP contribution in [0.1, 0.15) is 58.1 Å². The molecule has 0 heterocycles. The van der Waals surface area contributed by atoms with Crippen molar-refractivity contribution in [2.45, 2.75) is 60.0 Å². The van der Waals surface area contributed by atoms with Crippen LogP contribution in [0.4, 0.5) is 0 Å². The molecule has 1 aromatic carbocycles. The van der Waals surface area contributed by atoms with Crippen LogP contribution in [0.3, 0.4) is 0 Å². The van der Waals surface area contributed by atoms with Crippen molar-refractivity contribution < 1.29 is 5.11 Å². The van der Waals surface area contributed by atoms with E-state index in [9.17, 15) is 5.11 Å². The van der Waals surface area contributed by atoms with Gasteiger partial charge in [-0.25, -0.2) is 4.99 Å². The van der Waals surface area contributed by atoms with Gasteiger partial charge in [0.25, 0.3) is 0 Å². The van der Waals surface area contributed by atoms with Crippen molar-refractivity contribution >= 4 is 5.96 Å². The summed E-state index contributed by atoms with van der Waals surface area (Å²) in [6.07, 6.45) is 3.10. The van der Waals surface area contributed by atoms with E-state index in [0.717, 1.165) is 57.9 Å².